The summed E-state index contributed by atoms with van der Waals surface area (Å²) in [4.78, 5) is 76.1. The van der Waals surface area contributed by atoms with Gasteiger partial charge in [-0.05, 0) is 61.7 Å². The number of methoxy groups -OCH3 is 1. The van der Waals surface area contributed by atoms with E-state index in [1.165, 1.54) is 29.2 Å². The Bertz CT molecular complexity index is 3350. The minimum Gasteiger partial charge on any atom is -0.497 e. The van der Waals surface area contributed by atoms with E-state index in [1.807, 2.05) is 30.3 Å². The Balaban J connectivity index is 1.05. The van der Waals surface area contributed by atoms with Crippen LogP contribution in [0.2, 0.25) is 0 Å². The number of halogens is 5. The van der Waals surface area contributed by atoms with Crippen molar-refractivity contribution in [3.8, 4) is 34.3 Å². The first-order chi connectivity index (χ1) is 38.9. The molecule has 1 aliphatic heterocycles. The average Bonchev–Trinajstić information content (AvgIpc) is 4.12. The highest BCUT2D eigenvalue weighted by molar-refractivity contribution is 5.89. The number of alkyl carbamates (subject to hydrolysis) is 1. The van der Waals surface area contributed by atoms with Crippen LogP contribution < -0.4 is 24.3 Å². The number of fused-ring (bicyclic) bond motifs is 1. The lowest BCUT2D eigenvalue weighted by Crippen LogP contribution is -2.54. The van der Waals surface area contributed by atoms with E-state index in [4.69, 9.17) is 38.1 Å². The van der Waals surface area contributed by atoms with E-state index in [0.29, 0.717) is 45.6 Å². The molecule has 1 aliphatic rings. The van der Waals surface area contributed by atoms with Crippen LogP contribution in [0.1, 0.15) is 50.3 Å². The van der Waals surface area contributed by atoms with Gasteiger partial charge in [0.05, 0.1) is 31.5 Å². The van der Waals surface area contributed by atoms with Crippen LogP contribution in [0.5, 0.6) is 23.0 Å². The van der Waals surface area contributed by atoms with Crippen LogP contribution in [0, 0.1) is 29.1 Å². The van der Waals surface area contributed by atoms with Crippen LogP contribution >= 0.6 is 0 Å². The molecule has 81 heavy (non-hydrogen) atoms. The van der Waals surface area contributed by atoms with Crippen LogP contribution in [0.15, 0.2) is 140 Å². The zero-order valence-electron chi connectivity index (χ0n) is 44.2. The molecular weight excluding hydrogens is 1060 g/mol. The first-order valence-corrected chi connectivity index (χ1v) is 25.5. The number of ether oxygens (including phenoxy) is 7. The molecule has 0 bridgehead atoms. The van der Waals surface area contributed by atoms with Crippen LogP contribution in [0.4, 0.5) is 31.5 Å². The van der Waals surface area contributed by atoms with E-state index in [0.717, 1.165) is 10.5 Å². The molecule has 1 aromatic heterocycles. The number of hydrogen-bond donors (Lipinski definition) is 1. The van der Waals surface area contributed by atoms with Gasteiger partial charge in [-0.2, -0.15) is 8.78 Å². The van der Waals surface area contributed by atoms with Crippen molar-refractivity contribution in [2.24, 2.45) is 0 Å². The lowest BCUT2D eigenvalue weighted by Gasteiger charge is -2.37. The Hall–Kier alpha value is -9.27. The van der Waals surface area contributed by atoms with Gasteiger partial charge in [-0.15, -0.1) is 0 Å². The van der Waals surface area contributed by atoms with E-state index in [2.05, 4.69) is 5.32 Å². The second kappa shape index (κ2) is 26.1. The quantitative estimate of drug-likeness (QED) is 0.0137. The predicted molar refractivity (Wildman–Crippen MR) is 283 cm³/mol. The third-order valence-corrected chi connectivity index (χ3v) is 12.7. The summed E-state index contributed by atoms with van der Waals surface area (Å²) in [5.74, 6) is -15.3. The lowest BCUT2D eigenvalue weighted by molar-refractivity contribution is -0.157. The Labute approximate surface area is 462 Å². The predicted octanol–water partition coefficient (Wildman–Crippen LogP) is 10.8. The number of hydrogen-bond acceptors (Lipinski definition) is 13. The van der Waals surface area contributed by atoms with Crippen molar-refractivity contribution in [1.29, 1.82) is 0 Å². The Morgan fingerprint density at radius 1 is 0.728 bits per heavy atom. The van der Waals surface area contributed by atoms with Crippen molar-refractivity contribution >= 4 is 41.4 Å². The summed E-state index contributed by atoms with van der Waals surface area (Å²) in [6, 6.07) is 36.3. The molecule has 0 spiro atoms. The average molecular weight is 1120 g/mol. The number of amides is 3. The highest BCUT2D eigenvalue weighted by Gasteiger charge is 2.45. The van der Waals surface area contributed by atoms with Crippen molar-refractivity contribution in [2.45, 2.75) is 83.2 Å². The van der Waals surface area contributed by atoms with Crippen molar-refractivity contribution < 1.29 is 79.1 Å². The monoisotopic (exact) mass is 1120 g/mol. The van der Waals surface area contributed by atoms with Crippen LogP contribution in [-0.4, -0.2) is 95.5 Å². The van der Waals surface area contributed by atoms with Crippen LogP contribution in [0.25, 0.3) is 22.2 Å². The molecule has 0 aliphatic carbocycles. The second-order valence-electron chi connectivity index (χ2n) is 19.6. The van der Waals surface area contributed by atoms with Gasteiger partial charge in [-0.25, -0.2) is 37.3 Å². The summed E-state index contributed by atoms with van der Waals surface area (Å²) < 4.78 is 112. The second-order valence-corrected chi connectivity index (χ2v) is 19.6. The first kappa shape index (κ1) is 57.9. The SMILES string of the molecule is COc1ccc2c(O[C@@H]3C[C@@H](N(C=O)[C@H](CCOc4cccc(C[C@H](NC(=O)OCc5ccccc5)C(=O)Oc5c(F)c(F)c(F)c(F)c5F)c4)C(=O)OCc4ccccc4)N(C(=O)OC(C)(C)C)C3)cc(-c3ccccc3)nc2c1. The van der Waals surface area contributed by atoms with Gasteiger partial charge < -0.3 is 43.4 Å². The number of rotatable bonds is 21. The van der Waals surface area contributed by atoms with Gasteiger partial charge in [-0.1, -0.05) is 103 Å². The molecule has 1 fully saturated rings. The number of nitrogens with one attached hydrogen (secondary N) is 1. The van der Waals surface area contributed by atoms with Crippen LogP contribution in [0.3, 0.4) is 0 Å². The lowest BCUT2D eigenvalue weighted by atomic mass is 10.1. The third kappa shape index (κ3) is 14.7. The fourth-order valence-electron chi connectivity index (χ4n) is 8.80. The molecule has 0 saturated carbocycles. The van der Waals surface area contributed by atoms with Gasteiger partial charge in [0.1, 0.15) is 60.4 Å². The van der Waals surface area contributed by atoms with E-state index in [9.17, 15) is 45.9 Å². The number of carbonyl (C=O) groups is 5. The fourth-order valence-corrected chi connectivity index (χ4v) is 8.80. The molecule has 4 atom stereocenters. The third-order valence-electron chi connectivity index (χ3n) is 12.7. The van der Waals surface area contributed by atoms with Gasteiger partial charge in [0.25, 0.3) is 0 Å². The Kier molecular flexibility index (Phi) is 18.7. The van der Waals surface area contributed by atoms with Gasteiger partial charge >= 0.3 is 24.1 Å². The highest BCUT2D eigenvalue weighted by Crippen LogP contribution is 2.36. The van der Waals surface area contributed by atoms with Gasteiger partial charge in [-0.3, -0.25) is 9.69 Å². The number of aromatic nitrogens is 1. The first-order valence-electron chi connectivity index (χ1n) is 25.5. The minimum absolute atomic E-state index is 0.00818. The number of esters is 2. The Morgan fingerprint density at radius 3 is 1.98 bits per heavy atom. The summed E-state index contributed by atoms with van der Waals surface area (Å²) in [6.07, 6.45) is -4.24. The number of benzene rings is 6. The standard InChI is InChI=1S/C60H55F5N4O12/c1-60(2,3)81-59(74)68-32-42(79-48-31-44(39-20-12-7-13-21-39)66-45-29-40(75-4)23-24-43(45)48)30-49(68)69(35-70)47(57(72)77-33-36-15-8-5-9-16-36)25-26-76-41-22-14-19-38(27-41)28-46(67-58(73)78-34-37-17-10-6-11-18-37)56(71)80-55-53(64)51(62)50(61)52(63)54(55)65/h5-24,27,29,31,35,42,46-47,49H,25-26,28,30,32-34H2,1-4H3,(H,67,73)/t42-,46+,47-,49-/m1/s1. The maximum Gasteiger partial charge on any atom is 0.412 e. The topological polar surface area (TPSA) is 181 Å². The molecule has 422 valence electrons. The molecule has 8 rings (SSSR count). The normalized spacial score (nSPS) is 14.8. The molecule has 0 unspecified atom stereocenters. The molecule has 16 nitrogen and oxygen atoms in total. The molecule has 0 radical (unpaired) electrons. The molecule has 1 saturated heterocycles. The molecule has 21 heteroatoms. The van der Waals surface area contributed by atoms with Crippen molar-refractivity contribution in [1.82, 2.24) is 20.1 Å². The van der Waals surface area contributed by atoms with Crippen molar-refractivity contribution in [3.63, 3.8) is 0 Å². The molecule has 1 N–H and O–H groups in total. The van der Waals surface area contributed by atoms with Gasteiger partial charge in [0.15, 0.2) is 0 Å². The fraction of sp³-hybridized carbons (Fsp3) is 0.267. The zero-order valence-corrected chi connectivity index (χ0v) is 44.2. The zero-order chi connectivity index (χ0) is 57.8. The summed E-state index contributed by atoms with van der Waals surface area (Å²) in [6.45, 7) is 4.22. The smallest absolute Gasteiger partial charge is 0.412 e. The van der Waals surface area contributed by atoms with E-state index in [-0.39, 0.29) is 50.5 Å². The summed E-state index contributed by atoms with van der Waals surface area (Å²) in [5, 5.41) is 2.86. The van der Waals surface area contributed by atoms with Crippen molar-refractivity contribution in [3.05, 3.63) is 185 Å². The van der Waals surface area contributed by atoms with Crippen molar-refractivity contribution in [2.75, 3.05) is 20.3 Å². The summed E-state index contributed by atoms with van der Waals surface area (Å²) in [5.41, 5.74) is 2.39. The van der Waals surface area contributed by atoms with E-state index < -0.39 is 95.3 Å². The van der Waals surface area contributed by atoms with Gasteiger partial charge in [0, 0.05) is 42.3 Å². The van der Waals surface area contributed by atoms with E-state index in [1.54, 1.807) is 113 Å². The number of carbonyl (C=O) groups excluding carboxylic acids is 5. The molecule has 6 aromatic carbocycles. The minimum atomic E-state index is -2.48. The number of likely N-dealkylation sites (tertiary alicyclic amines) is 1. The molecule has 7 aromatic rings. The summed E-state index contributed by atoms with van der Waals surface area (Å²) in [7, 11) is 1.54. The molecule has 3 amide bonds. The van der Waals surface area contributed by atoms with Crippen LogP contribution in [-0.2, 0) is 48.2 Å². The Morgan fingerprint density at radius 2 is 1.35 bits per heavy atom. The van der Waals surface area contributed by atoms with Gasteiger partial charge in [0.2, 0.25) is 41.2 Å². The molecular formula is C60H55F5N4O12. The largest absolute Gasteiger partial charge is 0.497 e. The van der Waals surface area contributed by atoms with E-state index >= 15 is 0 Å². The molecule has 2 heterocycles. The highest BCUT2D eigenvalue weighted by atomic mass is 19.2. The maximum absolute atomic E-state index is 14.7. The number of nitrogens with zero attached hydrogens (tertiary/aromatic N) is 3. The number of pyridine rings is 1. The summed E-state index contributed by atoms with van der Waals surface area (Å²) >= 11 is 0. The maximum atomic E-state index is 14.7.